The van der Waals surface area contributed by atoms with Gasteiger partial charge in [-0.15, -0.1) is 0 Å². The third-order valence-corrected chi connectivity index (χ3v) is 2.53. The zero-order chi connectivity index (χ0) is 11.5. The van der Waals surface area contributed by atoms with E-state index in [-0.39, 0.29) is 12.0 Å². The van der Waals surface area contributed by atoms with Gasteiger partial charge in [0.05, 0.1) is 12.5 Å². The van der Waals surface area contributed by atoms with E-state index in [1.54, 1.807) is 30.3 Å². The fourth-order valence-electron chi connectivity index (χ4n) is 1.86. The topological polar surface area (TPSA) is 23.8 Å². The lowest BCUT2D eigenvalue weighted by Crippen LogP contribution is -1.92. The smallest absolute Gasteiger partial charge is 0.205 e. The van der Waals surface area contributed by atoms with E-state index < -0.39 is 6.43 Å². The van der Waals surface area contributed by atoms with Crippen molar-refractivity contribution in [2.75, 3.05) is 0 Å². The Hall–Kier alpha value is -1.95. The van der Waals surface area contributed by atoms with E-state index in [1.807, 2.05) is 6.07 Å². The van der Waals surface area contributed by atoms with Crippen molar-refractivity contribution < 1.29 is 8.78 Å². The van der Waals surface area contributed by atoms with Gasteiger partial charge in [0, 0.05) is 5.56 Å². The second kappa shape index (κ2) is 4.28. The first-order valence-electron chi connectivity index (χ1n) is 4.89. The van der Waals surface area contributed by atoms with Crippen molar-refractivity contribution in [3.05, 3.63) is 47.5 Å². The van der Waals surface area contributed by atoms with Gasteiger partial charge in [-0.3, -0.25) is 0 Å². The first-order valence-corrected chi connectivity index (χ1v) is 4.89. The minimum atomic E-state index is -2.51. The molecule has 0 fully saturated rings. The highest BCUT2D eigenvalue weighted by atomic mass is 19.3. The zero-order valence-electron chi connectivity index (χ0n) is 8.45. The molecule has 80 valence electrons. The molecule has 0 unspecified atom stereocenters. The van der Waals surface area contributed by atoms with Crippen LogP contribution < -0.4 is 0 Å². The molecule has 0 spiro atoms. The molecule has 0 aromatic heterocycles. The van der Waals surface area contributed by atoms with Crippen molar-refractivity contribution in [1.29, 1.82) is 5.26 Å². The number of rotatable bonds is 2. The van der Waals surface area contributed by atoms with Gasteiger partial charge in [-0.25, -0.2) is 8.78 Å². The molecule has 0 aliphatic heterocycles. The van der Waals surface area contributed by atoms with Gasteiger partial charge >= 0.3 is 0 Å². The average molecular weight is 217 g/mol. The highest BCUT2D eigenvalue weighted by molar-refractivity contribution is 5.89. The lowest BCUT2D eigenvalue weighted by atomic mass is 9.98. The summed E-state index contributed by atoms with van der Waals surface area (Å²) in [5.41, 5.74) is 0.666. The highest BCUT2D eigenvalue weighted by Crippen LogP contribution is 2.30. The first kappa shape index (κ1) is 10.6. The molecule has 2 rings (SSSR count). The maximum Gasteiger partial charge on any atom is 0.264 e. The Bertz CT molecular complexity index is 550. The Morgan fingerprint density at radius 3 is 2.44 bits per heavy atom. The van der Waals surface area contributed by atoms with Crippen LogP contribution >= 0.6 is 0 Å². The fourth-order valence-corrected chi connectivity index (χ4v) is 1.86. The number of fused-ring (bicyclic) bond motifs is 1. The zero-order valence-corrected chi connectivity index (χ0v) is 8.45. The molecule has 0 radical (unpaired) electrons. The SMILES string of the molecule is N#CCc1cccc2cccc(C(F)F)c12. The minimum Gasteiger partial charge on any atom is -0.205 e. The molecule has 0 saturated heterocycles. The van der Waals surface area contributed by atoms with Crippen LogP contribution in [0.1, 0.15) is 17.6 Å². The largest absolute Gasteiger partial charge is 0.264 e. The Morgan fingerprint density at radius 1 is 1.12 bits per heavy atom. The highest BCUT2D eigenvalue weighted by Gasteiger charge is 2.13. The van der Waals surface area contributed by atoms with Gasteiger partial charge in [-0.1, -0.05) is 36.4 Å². The summed E-state index contributed by atoms with van der Waals surface area (Å²) >= 11 is 0. The second-order valence-corrected chi connectivity index (χ2v) is 3.50. The summed E-state index contributed by atoms with van der Waals surface area (Å²) < 4.78 is 25.7. The number of hydrogen-bond acceptors (Lipinski definition) is 1. The average Bonchev–Trinajstić information content (AvgIpc) is 2.29. The van der Waals surface area contributed by atoms with E-state index in [9.17, 15) is 8.78 Å². The van der Waals surface area contributed by atoms with Crippen molar-refractivity contribution in [3.8, 4) is 6.07 Å². The van der Waals surface area contributed by atoms with Crippen LogP contribution in [-0.4, -0.2) is 0 Å². The minimum absolute atomic E-state index is 0.00310. The molecule has 0 aliphatic rings. The maximum atomic E-state index is 12.8. The molecule has 0 heterocycles. The van der Waals surface area contributed by atoms with Crippen molar-refractivity contribution in [3.63, 3.8) is 0 Å². The van der Waals surface area contributed by atoms with E-state index in [1.165, 1.54) is 6.07 Å². The number of alkyl halides is 2. The Morgan fingerprint density at radius 2 is 1.81 bits per heavy atom. The molecule has 3 heteroatoms. The van der Waals surface area contributed by atoms with E-state index >= 15 is 0 Å². The molecule has 0 bridgehead atoms. The summed E-state index contributed by atoms with van der Waals surface area (Å²) in [5, 5.41) is 9.94. The van der Waals surface area contributed by atoms with Crippen LogP contribution in [0.5, 0.6) is 0 Å². The molecule has 0 N–H and O–H groups in total. The molecule has 0 atom stereocenters. The van der Waals surface area contributed by atoms with Crippen LogP contribution in [0.2, 0.25) is 0 Å². The summed E-state index contributed by atoms with van der Waals surface area (Å²) in [7, 11) is 0. The predicted octanol–water partition coefficient (Wildman–Crippen LogP) is 3.84. The van der Waals surface area contributed by atoms with Gasteiger partial charge in [0.2, 0.25) is 0 Å². The second-order valence-electron chi connectivity index (χ2n) is 3.50. The normalized spacial score (nSPS) is 10.6. The van der Waals surface area contributed by atoms with Crippen LogP contribution in [0.25, 0.3) is 10.8 Å². The lowest BCUT2D eigenvalue weighted by molar-refractivity contribution is 0.153. The van der Waals surface area contributed by atoms with Crippen molar-refractivity contribution >= 4 is 10.8 Å². The summed E-state index contributed by atoms with van der Waals surface area (Å²) in [6.45, 7) is 0. The standard InChI is InChI=1S/C13H9F2N/c14-13(15)11-6-2-5-9-3-1-4-10(7-8-16)12(9)11/h1-6,13H,7H2. The lowest BCUT2D eigenvalue weighted by Gasteiger charge is -2.08. The van der Waals surface area contributed by atoms with Gasteiger partial charge in [0.25, 0.3) is 6.43 Å². The number of benzene rings is 2. The molecule has 16 heavy (non-hydrogen) atoms. The predicted molar refractivity (Wildman–Crippen MR) is 58.2 cm³/mol. The van der Waals surface area contributed by atoms with Crippen LogP contribution in [0.3, 0.4) is 0 Å². The van der Waals surface area contributed by atoms with Crippen molar-refractivity contribution in [2.24, 2.45) is 0 Å². The molecule has 2 aromatic carbocycles. The molecular weight excluding hydrogens is 208 g/mol. The van der Waals surface area contributed by atoms with E-state index in [0.717, 1.165) is 5.39 Å². The summed E-state index contributed by atoms with van der Waals surface area (Å²) in [5.74, 6) is 0. The van der Waals surface area contributed by atoms with Gasteiger partial charge in [-0.05, 0) is 16.3 Å². The first-order chi connectivity index (χ1) is 7.74. The quantitative estimate of drug-likeness (QED) is 0.749. The van der Waals surface area contributed by atoms with Gasteiger partial charge in [0.1, 0.15) is 0 Å². The summed E-state index contributed by atoms with van der Waals surface area (Å²) in [6, 6.07) is 12.1. The molecule has 1 nitrogen and oxygen atoms in total. The van der Waals surface area contributed by atoms with Crippen LogP contribution in [0, 0.1) is 11.3 Å². The third kappa shape index (κ3) is 1.74. The van der Waals surface area contributed by atoms with Crippen molar-refractivity contribution in [1.82, 2.24) is 0 Å². The monoisotopic (exact) mass is 217 g/mol. The Balaban J connectivity index is 2.77. The van der Waals surface area contributed by atoms with Gasteiger partial charge in [0.15, 0.2) is 0 Å². The van der Waals surface area contributed by atoms with Crippen molar-refractivity contribution in [2.45, 2.75) is 12.8 Å². The molecule has 0 amide bonds. The molecular formula is C13H9F2N. The van der Waals surface area contributed by atoms with E-state index in [2.05, 4.69) is 0 Å². The summed E-state index contributed by atoms with van der Waals surface area (Å²) in [4.78, 5) is 0. The number of hydrogen-bond donors (Lipinski definition) is 0. The molecule has 0 aliphatic carbocycles. The maximum absolute atomic E-state index is 12.8. The number of halogens is 2. The fraction of sp³-hybridized carbons (Fsp3) is 0.154. The number of nitrogens with zero attached hydrogens (tertiary/aromatic N) is 1. The Kier molecular flexibility index (Phi) is 2.82. The molecule has 2 aromatic rings. The van der Waals surface area contributed by atoms with E-state index in [4.69, 9.17) is 5.26 Å². The molecule has 0 saturated carbocycles. The van der Waals surface area contributed by atoms with Crippen LogP contribution in [-0.2, 0) is 6.42 Å². The number of nitriles is 1. The third-order valence-electron chi connectivity index (χ3n) is 2.53. The Labute approximate surface area is 91.9 Å². The van der Waals surface area contributed by atoms with Gasteiger partial charge < -0.3 is 0 Å². The van der Waals surface area contributed by atoms with E-state index in [0.29, 0.717) is 10.9 Å². The van der Waals surface area contributed by atoms with Crippen LogP contribution in [0.4, 0.5) is 8.78 Å². The summed E-state index contributed by atoms with van der Waals surface area (Å²) in [6.07, 6.45) is -2.36. The van der Waals surface area contributed by atoms with Crippen LogP contribution in [0.15, 0.2) is 36.4 Å². The van der Waals surface area contributed by atoms with Gasteiger partial charge in [-0.2, -0.15) is 5.26 Å².